The second-order valence-electron chi connectivity index (χ2n) is 6.76. The molecule has 1 aliphatic heterocycles. The zero-order chi connectivity index (χ0) is 17.5. The average molecular weight is 348 g/mol. The van der Waals surface area contributed by atoms with Crippen molar-refractivity contribution in [2.45, 2.75) is 46.1 Å². The van der Waals surface area contributed by atoms with Gasteiger partial charge in [0.15, 0.2) is 5.11 Å². The third kappa shape index (κ3) is 6.59. The monoisotopic (exact) mass is 347 g/mol. The first kappa shape index (κ1) is 18.9. The highest BCUT2D eigenvalue weighted by Crippen LogP contribution is 2.14. The van der Waals surface area contributed by atoms with E-state index in [0.29, 0.717) is 23.9 Å². The molecule has 1 aliphatic rings. The van der Waals surface area contributed by atoms with E-state index in [4.69, 9.17) is 17.0 Å². The van der Waals surface area contributed by atoms with Crippen molar-refractivity contribution in [3.05, 3.63) is 47.5 Å². The molecular weight excluding hydrogens is 318 g/mol. The van der Waals surface area contributed by atoms with Crippen LogP contribution in [0.4, 0.5) is 0 Å². The number of nitrogens with zero attached hydrogens (tertiary/aromatic N) is 1. The molecule has 0 aromatic heterocycles. The standard InChI is InChI=1S/C19H29N3OS/c1-14(2)9-20-19(24)21-10-17-5-7-18(8-6-17)13-22-11-15(3)23-16(4)12-22/h5-8,15-16H,1,9-13H2,2-4H3,(H2,20,21,24)/t15-,16+. The zero-order valence-corrected chi connectivity index (χ0v) is 15.8. The van der Waals surface area contributed by atoms with Gasteiger partial charge in [-0.25, -0.2) is 0 Å². The van der Waals surface area contributed by atoms with Crippen LogP contribution in [0.15, 0.2) is 36.4 Å². The summed E-state index contributed by atoms with van der Waals surface area (Å²) in [5.41, 5.74) is 3.63. The molecule has 0 spiro atoms. The van der Waals surface area contributed by atoms with Gasteiger partial charge >= 0.3 is 0 Å². The Morgan fingerprint density at radius 3 is 2.33 bits per heavy atom. The summed E-state index contributed by atoms with van der Waals surface area (Å²) in [4.78, 5) is 2.46. The van der Waals surface area contributed by atoms with Gasteiger partial charge < -0.3 is 15.4 Å². The Morgan fingerprint density at radius 1 is 1.17 bits per heavy atom. The van der Waals surface area contributed by atoms with Crippen molar-refractivity contribution in [2.24, 2.45) is 0 Å². The van der Waals surface area contributed by atoms with Gasteiger partial charge in [0.2, 0.25) is 0 Å². The summed E-state index contributed by atoms with van der Waals surface area (Å²) in [6.07, 6.45) is 0.620. The number of morpholine rings is 1. The molecule has 5 heteroatoms. The van der Waals surface area contributed by atoms with E-state index in [0.717, 1.165) is 31.8 Å². The van der Waals surface area contributed by atoms with E-state index >= 15 is 0 Å². The highest BCUT2D eigenvalue weighted by Gasteiger charge is 2.21. The molecule has 2 atom stereocenters. The van der Waals surface area contributed by atoms with Crippen LogP contribution >= 0.6 is 12.2 Å². The summed E-state index contributed by atoms with van der Waals surface area (Å²) in [6.45, 7) is 14.5. The minimum atomic E-state index is 0.310. The lowest BCUT2D eigenvalue weighted by Gasteiger charge is -2.35. The van der Waals surface area contributed by atoms with Gasteiger partial charge in [-0.2, -0.15) is 0 Å². The summed E-state index contributed by atoms with van der Waals surface area (Å²) in [5.74, 6) is 0. The van der Waals surface area contributed by atoms with Crippen molar-refractivity contribution in [3.8, 4) is 0 Å². The maximum Gasteiger partial charge on any atom is 0.166 e. The fraction of sp³-hybridized carbons (Fsp3) is 0.526. The molecule has 4 nitrogen and oxygen atoms in total. The predicted molar refractivity (Wildman–Crippen MR) is 104 cm³/mol. The van der Waals surface area contributed by atoms with Crippen molar-refractivity contribution < 1.29 is 4.74 Å². The molecule has 24 heavy (non-hydrogen) atoms. The van der Waals surface area contributed by atoms with Crippen LogP contribution in [0, 0.1) is 0 Å². The Bertz CT molecular complexity index is 548. The Hall–Kier alpha value is -1.43. The van der Waals surface area contributed by atoms with Gasteiger partial charge in [-0.05, 0) is 44.1 Å². The summed E-state index contributed by atoms with van der Waals surface area (Å²) < 4.78 is 5.79. The molecule has 1 fully saturated rings. The molecule has 2 N–H and O–H groups in total. The van der Waals surface area contributed by atoms with Crippen molar-refractivity contribution >= 4 is 17.3 Å². The van der Waals surface area contributed by atoms with Crippen LogP contribution in [-0.4, -0.2) is 41.9 Å². The van der Waals surface area contributed by atoms with Crippen molar-refractivity contribution in [2.75, 3.05) is 19.6 Å². The van der Waals surface area contributed by atoms with Crippen LogP contribution in [-0.2, 0) is 17.8 Å². The molecule has 0 bridgehead atoms. The third-order valence-corrected chi connectivity index (χ3v) is 4.22. The summed E-state index contributed by atoms with van der Waals surface area (Å²) >= 11 is 5.25. The minimum absolute atomic E-state index is 0.310. The third-order valence-electron chi connectivity index (χ3n) is 3.93. The van der Waals surface area contributed by atoms with Crippen LogP contribution in [0.1, 0.15) is 31.9 Å². The van der Waals surface area contributed by atoms with E-state index in [1.54, 1.807) is 0 Å². The molecule has 1 aromatic carbocycles. The highest BCUT2D eigenvalue weighted by atomic mass is 32.1. The van der Waals surface area contributed by atoms with E-state index in [9.17, 15) is 0 Å². The minimum Gasteiger partial charge on any atom is -0.373 e. The SMILES string of the molecule is C=C(C)CNC(=S)NCc1ccc(CN2C[C@@H](C)O[C@@H](C)C2)cc1. The first-order valence-electron chi connectivity index (χ1n) is 8.54. The lowest BCUT2D eigenvalue weighted by molar-refractivity contribution is -0.0704. The number of hydrogen-bond donors (Lipinski definition) is 2. The maximum absolute atomic E-state index is 5.79. The predicted octanol–water partition coefficient (Wildman–Crippen LogP) is 2.84. The van der Waals surface area contributed by atoms with Crippen molar-refractivity contribution in [3.63, 3.8) is 0 Å². The first-order chi connectivity index (χ1) is 11.4. The van der Waals surface area contributed by atoms with Gasteiger partial charge in [0.05, 0.1) is 12.2 Å². The van der Waals surface area contributed by atoms with Gasteiger partial charge in [-0.1, -0.05) is 36.4 Å². The van der Waals surface area contributed by atoms with Gasteiger partial charge in [-0.3, -0.25) is 4.90 Å². The molecule has 0 saturated carbocycles. The smallest absolute Gasteiger partial charge is 0.166 e. The largest absolute Gasteiger partial charge is 0.373 e. The van der Waals surface area contributed by atoms with E-state index in [-0.39, 0.29) is 0 Å². The molecule has 2 rings (SSSR count). The molecule has 1 heterocycles. The number of ether oxygens (including phenoxy) is 1. The van der Waals surface area contributed by atoms with Crippen LogP contribution in [0.2, 0.25) is 0 Å². The van der Waals surface area contributed by atoms with Gasteiger partial charge in [-0.15, -0.1) is 0 Å². The number of benzene rings is 1. The summed E-state index contributed by atoms with van der Waals surface area (Å²) in [7, 11) is 0. The normalized spacial score (nSPS) is 21.3. The van der Waals surface area contributed by atoms with Crippen LogP contribution in [0.25, 0.3) is 0 Å². The van der Waals surface area contributed by atoms with Crippen LogP contribution in [0.3, 0.4) is 0 Å². The van der Waals surface area contributed by atoms with Gasteiger partial charge in [0.1, 0.15) is 0 Å². The Kier molecular flexibility index (Phi) is 7.21. The van der Waals surface area contributed by atoms with Gasteiger partial charge in [0, 0.05) is 32.7 Å². The fourth-order valence-corrected chi connectivity index (χ4v) is 3.05. The first-order valence-corrected chi connectivity index (χ1v) is 8.95. The quantitative estimate of drug-likeness (QED) is 0.611. The van der Waals surface area contributed by atoms with E-state index < -0.39 is 0 Å². The highest BCUT2D eigenvalue weighted by molar-refractivity contribution is 7.80. The summed E-state index contributed by atoms with van der Waals surface area (Å²) in [6, 6.07) is 8.73. The molecule has 132 valence electrons. The lowest BCUT2D eigenvalue weighted by Crippen LogP contribution is -2.44. The van der Waals surface area contributed by atoms with Crippen molar-refractivity contribution in [1.82, 2.24) is 15.5 Å². The molecular formula is C19H29N3OS. The average Bonchev–Trinajstić information content (AvgIpc) is 2.51. The van der Waals surface area contributed by atoms with Gasteiger partial charge in [0.25, 0.3) is 0 Å². The molecule has 1 saturated heterocycles. The Morgan fingerprint density at radius 2 is 1.75 bits per heavy atom. The van der Waals surface area contributed by atoms with Crippen LogP contribution in [0.5, 0.6) is 0 Å². The Balaban J connectivity index is 1.78. The number of nitrogens with one attached hydrogen (secondary N) is 2. The molecule has 0 amide bonds. The second kappa shape index (κ2) is 9.16. The molecule has 0 aliphatic carbocycles. The van der Waals surface area contributed by atoms with E-state index in [1.807, 2.05) is 6.92 Å². The van der Waals surface area contributed by atoms with E-state index in [2.05, 4.69) is 60.2 Å². The number of thiocarbonyl (C=S) groups is 1. The molecule has 1 aromatic rings. The number of rotatable bonds is 6. The van der Waals surface area contributed by atoms with Crippen molar-refractivity contribution in [1.29, 1.82) is 0 Å². The number of hydrogen-bond acceptors (Lipinski definition) is 3. The lowest BCUT2D eigenvalue weighted by atomic mass is 10.1. The maximum atomic E-state index is 5.79. The van der Waals surface area contributed by atoms with E-state index in [1.165, 1.54) is 11.1 Å². The molecule has 0 unspecified atom stereocenters. The second-order valence-corrected chi connectivity index (χ2v) is 7.17. The Labute approximate surface area is 151 Å². The summed E-state index contributed by atoms with van der Waals surface area (Å²) in [5, 5.41) is 7.01. The zero-order valence-electron chi connectivity index (χ0n) is 15.0. The van der Waals surface area contributed by atoms with Crippen LogP contribution < -0.4 is 10.6 Å². The fourth-order valence-electron chi connectivity index (χ4n) is 2.91. The topological polar surface area (TPSA) is 36.5 Å². The molecule has 0 radical (unpaired) electrons.